The molecule has 0 aromatic rings. The zero-order valence-electron chi connectivity index (χ0n) is 9.03. The normalized spacial score (nSPS) is 16.3. The maximum atomic E-state index is 8.44. The van der Waals surface area contributed by atoms with Gasteiger partial charge >= 0.3 is 0 Å². The van der Waals surface area contributed by atoms with Crippen LogP contribution in [0.15, 0.2) is 17.8 Å². The summed E-state index contributed by atoms with van der Waals surface area (Å²) >= 11 is 0. The Morgan fingerprint density at radius 1 is 1.71 bits per heavy atom. The van der Waals surface area contributed by atoms with Crippen molar-refractivity contribution < 1.29 is 5.21 Å². The van der Waals surface area contributed by atoms with Crippen molar-refractivity contribution in [3.05, 3.63) is 12.7 Å². The summed E-state index contributed by atoms with van der Waals surface area (Å²) in [5.74, 6) is 0.273. The molecule has 0 aromatic carbocycles. The van der Waals surface area contributed by atoms with Crippen molar-refractivity contribution in [3.8, 4) is 0 Å². The summed E-state index contributed by atoms with van der Waals surface area (Å²) in [5, 5.41) is 14.8. The fraction of sp³-hybridized carbons (Fsp3) is 0.700. The van der Waals surface area contributed by atoms with Crippen LogP contribution < -0.4 is 11.1 Å². The molecular formula is C10H21N3O. The van der Waals surface area contributed by atoms with Gasteiger partial charge in [0.2, 0.25) is 0 Å². The van der Waals surface area contributed by atoms with Gasteiger partial charge in [-0.25, -0.2) is 0 Å². The predicted molar refractivity (Wildman–Crippen MR) is 59.5 cm³/mol. The van der Waals surface area contributed by atoms with E-state index in [1.165, 1.54) is 0 Å². The minimum atomic E-state index is 0.265. The molecule has 0 rings (SSSR count). The number of hydrogen-bond donors (Lipinski definition) is 3. The van der Waals surface area contributed by atoms with Gasteiger partial charge in [0.25, 0.3) is 0 Å². The molecule has 0 aromatic heterocycles. The van der Waals surface area contributed by atoms with Crippen molar-refractivity contribution in [2.75, 3.05) is 0 Å². The van der Waals surface area contributed by atoms with Gasteiger partial charge in [-0.15, -0.1) is 6.58 Å². The lowest BCUT2D eigenvalue weighted by molar-refractivity contribution is 0.314. The lowest BCUT2D eigenvalue weighted by atomic mass is 10.1. The standard InChI is InChI=1S/C10H21N3O/c1-4-6-8(3)12-9(5-2)7-10(11)13-14/h4,8-9,12,14H,1,5-7H2,2-3H3,(H2,11,13). The molecule has 0 saturated carbocycles. The van der Waals surface area contributed by atoms with Gasteiger partial charge in [0.05, 0.1) is 0 Å². The molecule has 4 heteroatoms. The lowest BCUT2D eigenvalue weighted by Crippen LogP contribution is -2.38. The number of nitrogens with one attached hydrogen (secondary N) is 1. The minimum absolute atomic E-state index is 0.265. The van der Waals surface area contributed by atoms with Crippen molar-refractivity contribution in [1.29, 1.82) is 0 Å². The van der Waals surface area contributed by atoms with Gasteiger partial charge in [-0.1, -0.05) is 18.2 Å². The molecule has 0 fully saturated rings. The second kappa shape index (κ2) is 7.38. The van der Waals surface area contributed by atoms with Crippen LogP contribution in [0.4, 0.5) is 0 Å². The maximum Gasteiger partial charge on any atom is 0.140 e. The zero-order valence-corrected chi connectivity index (χ0v) is 9.03. The van der Waals surface area contributed by atoms with E-state index in [-0.39, 0.29) is 11.9 Å². The molecule has 4 N–H and O–H groups in total. The number of oxime groups is 1. The van der Waals surface area contributed by atoms with E-state index in [1.807, 2.05) is 6.08 Å². The Hall–Kier alpha value is -1.03. The van der Waals surface area contributed by atoms with E-state index in [1.54, 1.807) is 0 Å². The summed E-state index contributed by atoms with van der Waals surface area (Å²) < 4.78 is 0. The third-order valence-electron chi connectivity index (χ3n) is 2.12. The van der Waals surface area contributed by atoms with Gasteiger partial charge in [0.15, 0.2) is 0 Å². The fourth-order valence-electron chi connectivity index (χ4n) is 1.33. The Morgan fingerprint density at radius 3 is 2.79 bits per heavy atom. The van der Waals surface area contributed by atoms with Gasteiger partial charge < -0.3 is 16.3 Å². The largest absolute Gasteiger partial charge is 0.409 e. The highest BCUT2D eigenvalue weighted by Crippen LogP contribution is 2.01. The summed E-state index contributed by atoms with van der Waals surface area (Å²) in [7, 11) is 0. The van der Waals surface area contributed by atoms with Crippen molar-refractivity contribution in [3.63, 3.8) is 0 Å². The van der Waals surface area contributed by atoms with Crippen LogP contribution in [-0.4, -0.2) is 23.1 Å². The highest BCUT2D eigenvalue weighted by atomic mass is 16.4. The molecule has 0 saturated heterocycles. The SMILES string of the molecule is C=CCC(C)NC(CC)C/C(N)=N/O. The summed E-state index contributed by atoms with van der Waals surface area (Å²) in [5.41, 5.74) is 5.44. The lowest BCUT2D eigenvalue weighted by Gasteiger charge is -2.20. The third kappa shape index (κ3) is 5.59. The third-order valence-corrected chi connectivity index (χ3v) is 2.12. The van der Waals surface area contributed by atoms with Crippen molar-refractivity contribution in [2.24, 2.45) is 10.9 Å². The first-order valence-corrected chi connectivity index (χ1v) is 4.97. The van der Waals surface area contributed by atoms with Crippen LogP contribution in [0, 0.1) is 0 Å². The first-order valence-electron chi connectivity index (χ1n) is 4.97. The Kier molecular flexibility index (Phi) is 6.84. The van der Waals surface area contributed by atoms with Crippen LogP contribution in [0.3, 0.4) is 0 Å². The molecular weight excluding hydrogens is 178 g/mol. The Bertz CT molecular complexity index is 192. The summed E-state index contributed by atoms with van der Waals surface area (Å²) in [6, 6.07) is 0.643. The second-order valence-electron chi connectivity index (χ2n) is 3.49. The summed E-state index contributed by atoms with van der Waals surface area (Å²) in [6.07, 6.45) is 4.34. The van der Waals surface area contributed by atoms with E-state index in [0.29, 0.717) is 12.5 Å². The van der Waals surface area contributed by atoms with E-state index in [2.05, 4.69) is 30.9 Å². The van der Waals surface area contributed by atoms with Gasteiger partial charge in [0, 0.05) is 18.5 Å². The maximum absolute atomic E-state index is 8.44. The van der Waals surface area contributed by atoms with Gasteiger partial charge in [-0.3, -0.25) is 0 Å². The van der Waals surface area contributed by atoms with Crippen LogP contribution in [0.1, 0.15) is 33.1 Å². The molecule has 0 aliphatic rings. The molecule has 0 heterocycles. The van der Waals surface area contributed by atoms with Gasteiger partial charge in [0.1, 0.15) is 5.84 Å². The summed E-state index contributed by atoms with van der Waals surface area (Å²) in [4.78, 5) is 0. The number of amidine groups is 1. The van der Waals surface area contributed by atoms with E-state index in [9.17, 15) is 0 Å². The molecule has 0 aliphatic heterocycles. The molecule has 4 nitrogen and oxygen atoms in total. The monoisotopic (exact) mass is 199 g/mol. The first-order chi connectivity index (χ1) is 6.63. The summed E-state index contributed by atoms with van der Waals surface area (Å²) in [6.45, 7) is 7.85. The average Bonchev–Trinajstić information content (AvgIpc) is 2.16. The first kappa shape index (κ1) is 13.0. The van der Waals surface area contributed by atoms with Crippen LogP contribution in [0.25, 0.3) is 0 Å². The molecule has 0 bridgehead atoms. The van der Waals surface area contributed by atoms with Crippen molar-refractivity contribution >= 4 is 5.84 Å². The van der Waals surface area contributed by atoms with Gasteiger partial charge in [-0.05, 0) is 19.8 Å². The van der Waals surface area contributed by atoms with Crippen LogP contribution in [-0.2, 0) is 0 Å². The quantitative estimate of drug-likeness (QED) is 0.191. The van der Waals surface area contributed by atoms with Crippen molar-refractivity contribution in [1.82, 2.24) is 5.32 Å². The predicted octanol–water partition coefficient (Wildman–Crippen LogP) is 1.46. The van der Waals surface area contributed by atoms with Crippen LogP contribution >= 0.6 is 0 Å². The molecule has 82 valence electrons. The van der Waals surface area contributed by atoms with Crippen molar-refractivity contribution in [2.45, 2.75) is 45.2 Å². The van der Waals surface area contributed by atoms with E-state index in [4.69, 9.17) is 10.9 Å². The highest BCUT2D eigenvalue weighted by molar-refractivity contribution is 5.80. The number of hydrogen-bond acceptors (Lipinski definition) is 3. The average molecular weight is 199 g/mol. The Morgan fingerprint density at radius 2 is 2.36 bits per heavy atom. The molecule has 0 aliphatic carbocycles. The number of nitrogens with two attached hydrogens (primary N) is 1. The second-order valence-corrected chi connectivity index (χ2v) is 3.49. The molecule has 0 radical (unpaired) electrons. The Balaban J connectivity index is 3.95. The number of nitrogens with zero attached hydrogens (tertiary/aromatic N) is 1. The molecule has 14 heavy (non-hydrogen) atoms. The van der Waals surface area contributed by atoms with E-state index < -0.39 is 0 Å². The van der Waals surface area contributed by atoms with Crippen LogP contribution in [0.2, 0.25) is 0 Å². The highest BCUT2D eigenvalue weighted by Gasteiger charge is 2.10. The van der Waals surface area contributed by atoms with Crippen LogP contribution in [0.5, 0.6) is 0 Å². The smallest absolute Gasteiger partial charge is 0.140 e. The molecule has 2 unspecified atom stereocenters. The minimum Gasteiger partial charge on any atom is -0.409 e. The van der Waals surface area contributed by atoms with E-state index in [0.717, 1.165) is 12.8 Å². The molecule has 2 atom stereocenters. The molecule has 0 amide bonds. The topological polar surface area (TPSA) is 70.6 Å². The Labute approximate surface area is 85.9 Å². The zero-order chi connectivity index (χ0) is 11.0. The fourth-order valence-corrected chi connectivity index (χ4v) is 1.33. The van der Waals surface area contributed by atoms with E-state index >= 15 is 0 Å². The molecule has 0 spiro atoms. The van der Waals surface area contributed by atoms with Gasteiger partial charge in [-0.2, -0.15) is 0 Å². The number of rotatable bonds is 7.